The van der Waals surface area contributed by atoms with E-state index in [1.165, 1.54) is 22.6 Å². The SMILES string of the molecule is C[NH+](CC(=O)N[C@@H]1CC[NH+](Cc2ccccc2)C1)Cc1ccc(C(F)(F)F)cc1. The zero-order chi connectivity index (χ0) is 20.9. The van der Waals surface area contributed by atoms with Gasteiger partial charge >= 0.3 is 6.18 Å². The Bertz CT molecular complexity index is 793. The summed E-state index contributed by atoms with van der Waals surface area (Å²) in [4.78, 5) is 14.8. The van der Waals surface area contributed by atoms with Crippen molar-refractivity contribution in [2.75, 3.05) is 26.7 Å². The maximum Gasteiger partial charge on any atom is 0.416 e. The first-order chi connectivity index (χ1) is 13.8. The number of carbonyl (C=O) groups is 1. The second-order valence-electron chi connectivity index (χ2n) is 7.92. The van der Waals surface area contributed by atoms with Crippen LogP contribution in [0.15, 0.2) is 54.6 Å². The molecule has 2 aromatic rings. The Hall–Kier alpha value is -2.38. The summed E-state index contributed by atoms with van der Waals surface area (Å²) in [5.74, 6) is -0.0135. The zero-order valence-corrected chi connectivity index (χ0v) is 16.6. The standard InChI is InChI=1S/C22H26F3N3O/c1-27(13-18-7-9-19(10-8-18)22(23,24)25)16-21(29)26-20-11-12-28(15-20)14-17-5-3-2-4-6-17/h2-10,20H,11-16H2,1H3,(H,26,29)/p+2/t20-/m1/s1. The van der Waals surface area contributed by atoms with E-state index < -0.39 is 11.7 Å². The molecule has 0 spiro atoms. The van der Waals surface area contributed by atoms with Gasteiger partial charge in [0.05, 0.1) is 31.7 Å². The van der Waals surface area contributed by atoms with Gasteiger partial charge < -0.3 is 15.1 Å². The van der Waals surface area contributed by atoms with Gasteiger partial charge in [-0.05, 0) is 12.1 Å². The molecular weight excluding hydrogens is 379 g/mol. The Balaban J connectivity index is 1.41. The number of rotatable bonds is 7. The lowest BCUT2D eigenvalue weighted by Gasteiger charge is -2.17. The Kier molecular flexibility index (Phi) is 6.92. The number of nitrogens with one attached hydrogen (secondary N) is 3. The summed E-state index contributed by atoms with van der Waals surface area (Å²) in [6.45, 7) is 3.71. The van der Waals surface area contributed by atoms with Gasteiger partial charge in [0.25, 0.3) is 5.91 Å². The molecule has 1 aliphatic heterocycles. The number of benzene rings is 2. The molecule has 156 valence electrons. The van der Waals surface area contributed by atoms with Crippen molar-refractivity contribution in [3.63, 3.8) is 0 Å². The van der Waals surface area contributed by atoms with Crippen LogP contribution in [0, 0.1) is 0 Å². The summed E-state index contributed by atoms with van der Waals surface area (Å²) in [5.41, 5.74) is 1.43. The van der Waals surface area contributed by atoms with Crippen LogP contribution in [0.4, 0.5) is 13.2 Å². The van der Waals surface area contributed by atoms with Crippen molar-refractivity contribution in [2.24, 2.45) is 0 Å². The summed E-state index contributed by atoms with van der Waals surface area (Å²) >= 11 is 0. The van der Waals surface area contributed by atoms with Gasteiger partial charge in [0.15, 0.2) is 6.54 Å². The molecule has 0 aliphatic carbocycles. The van der Waals surface area contributed by atoms with E-state index >= 15 is 0 Å². The Labute approximate surface area is 169 Å². The predicted octanol–water partition coefficient (Wildman–Crippen LogP) is 0.694. The van der Waals surface area contributed by atoms with Crippen molar-refractivity contribution in [3.8, 4) is 0 Å². The van der Waals surface area contributed by atoms with Gasteiger partial charge in [-0.2, -0.15) is 13.2 Å². The van der Waals surface area contributed by atoms with Gasteiger partial charge in [-0.15, -0.1) is 0 Å². The molecule has 0 radical (unpaired) electrons. The maximum atomic E-state index is 12.6. The average molecular weight is 407 g/mol. The summed E-state index contributed by atoms with van der Waals surface area (Å²) in [6.07, 6.45) is -3.36. The van der Waals surface area contributed by atoms with Gasteiger partial charge in [0.2, 0.25) is 0 Å². The predicted molar refractivity (Wildman–Crippen MR) is 104 cm³/mol. The molecule has 29 heavy (non-hydrogen) atoms. The van der Waals surface area contributed by atoms with Crippen molar-refractivity contribution in [1.29, 1.82) is 0 Å². The number of carbonyl (C=O) groups excluding carboxylic acids is 1. The Morgan fingerprint density at radius 3 is 2.45 bits per heavy atom. The Morgan fingerprint density at radius 2 is 1.79 bits per heavy atom. The van der Waals surface area contributed by atoms with Crippen molar-refractivity contribution in [3.05, 3.63) is 71.3 Å². The van der Waals surface area contributed by atoms with Crippen LogP contribution < -0.4 is 15.1 Å². The van der Waals surface area contributed by atoms with E-state index in [0.29, 0.717) is 13.1 Å². The number of alkyl halides is 3. The minimum Gasteiger partial charge on any atom is -0.343 e. The highest BCUT2D eigenvalue weighted by Gasteiger charge is 2.30. The molecule has 4 nitrogen and oxygen atoms in total. The first-order valence-electron chi connectivity index (χ1n) is 9.94. The fourth-order valence-corrected chi connectivity index (χ4v) is 3.87. The smallest absolute Gasteiger partial charge is 0.343 e. The largest absolute Gasteiger partial charge is 0.416 e. The molecule has 1 heterocycles. The summed E-state index contributed by atoms with van der Waals surface area (Å²) in [5, 5.41) is 3.11. The molecule has 7 heteroatoms. The molecule has 3 rings (SSSR count). The normalized spacial score (nSPS) is 20.4. The van der Waals surface area contributed by atoms with E-state index in [4.69, 9.17) is 0 Å². The third-order valence-corrected chi connectivity index (χ3v) is 5.29. The first-order valence-corrected chi connectivity index (χ1v) is 9.94. The summed E-state index contributed by atoms with van der Waals surface area (Å²) in [7, 11) is 1.87. The van der Waals surface area contributed by atoms with Gasteiger partial charge in [-0.1, -0.05) is 42.5 Å². The van der Waals surface area contributed by atoms with Gasteiger partial charge in [-0.3, -0.25) is 4.79 Å². The zero-order valence-electron chi connectivity index (χ0n) is 16.6. The molecule has 1 amide bonds. The van der Waals surface area contributed by atoms with Crippen molar-refractivity contribution in [2.45, 2.75) is 31.7 Å². The molecule has 2 aromatic carbocycles. The first kappa shape index (κ1) is 21.3. The highest BCUT2D eigenvalue weighted by molar-refractivity contribution is 5.77. The number of quaternary nitrogens is 2. The molecular formula is C22H28F3N3O+2. The van der Waals surface area contributed by atoms with Crippen LogP contribution >= 0.6 is 0 Å². The topological polar surface area (TPSA) is 38.0 Å². The average Bonchev–Trinajstić information content (AvgIpc) is 3.08. The third kappa shape index (κ3) is 6.58. The lowest BCUT2D eigenvalue weighted by atomic mass is 10.1. The van der Waals surface area contributed by atoms with Crippen molar-refractivity contribution < 1.29 is 27.8 Å². The van der Waals surface area contributed by atoms with Gasteiger partial charge in [-0.25, -0.2) is 0 Å². The van der Waals surface area contributed by atoms with E-state index in [1.54, 1.807) is 0 Å². The number of halogens is 3. The van der Waals surface area contributed by atoms with E-state index in [1.807, 2.05) is 25.2 Å². The third-order valence-electron chi connectivity index (χ3n) is 5.29. The van der Waals surface area contributed by atoms with Crippen molar-refractivity contribution >= 4 is 5.91 Å². The van der Waals surface area contributed by atoms with E-state index in [2.05, 4.69) is 17.4 Å². The van der Waals surface area contributed by atoms with E-state index in [-0.39, 0.29) is 11.9 Å². The fraction of sp³-hybridized carbons (Fsp3) is 0.409. The highest BCUT2D eigenvalue weighted by Crippen LogP contribution is 2.28. The number of likely N-dealkylation sites (tertiary alicyclic amines) is 1. The molecule has 0 bridgehead atoms. The van der Waals surface area contributed by atoms with Crippen LogP contribution in [-0.4, -0.2) is 38.6 Å². The number of hydrogen-bond acceptors (Lipinski definition) is 1. The Morgan fingerprint density at radius 1 is 1.10 bits per heavy atom. The molecule has 3 N–H and O–H groups in total. The molecule has 2 unspecified atom stereocenters. The van der Waals surface area contributed by atoms with Crippen molar-refractivity contribution in [1.82, 2.24) is 5.32 Å². The van der Waals surface area contributed by atoms with E-state index in [9.17, 15) is 18.0 Å². The van der Waals surface area contributed by atoms with Gasteiger partial charge in [0, 0.05) is 17.5 Å². The van der Waals surface area contributed by atoms with Gasteiger partial charge in [0.1, 0.15) is 13.1 Å². The maximum absolute atomic E-state index is 12.6. The second kappa shape index (κ2) is 9.41. The molecule has 1 aliphatic rings. The van der Waals surface area contributed by atoms with Crippen LogP contribution in [0.25, 0.3) is 0 Å². The highest BCUT2D eigenvalue weighted by atomic mass is 19.4. The monoisotopic (exact) mass is 407 g/mol. The molecule has 1 fully saturated rings. The van der Waals surface area contributed by atoms with Crippen LogP contribution in [0.1, 0.15) is 23.1 Å². The summed E-state index contributed by atoms with van der Waals surface area (Å²) < 4.78 is 37.9. The number of likely N-dealkylation sites (N-methyl/N-ethyl adjacent to an activating group) is 1. The van der Waals surface area contributed by atoms with Crippen LogP contribution in [-0.2, 0) is 24.1 Å². The second-order valence-corrected chi connectivity index (χ2v) is 7.92. The number of hydrogen-bond donors (Lipinski definition) is 3. The lowest BCUT2D eigenvalue weighted by molar-refractivity contribution is -0.901. The van der Waals surface area contributed by atoms with Crippen LogP contribution in [0.5, 0.6) is 0 Å². The summed E-state index contributed by atoms with van der Waals surface area (Å²) in [6, 6.07) is 15.7. The minimum absolute atomic E-state index is 0.0135. The molecule has 1 saturated heterocycles. The van der Waals surface area contributed by atoms with Crippen LogP contribution in [0.2, 0.25) is 0 Å². The fourth-order valence-electron chi connectivity index (χ4n) is 3.87. The molecule has 0 saturated carbocycles. The quantitative estimate of drug-likeness (QED) is 0.621. The molecule has 0 aromatic heterocycles. The lowest BCUT2D eigenvalue weighted by Crippen LogP contribution is -3.09. The molecule has 3 atom stereocenters. The minimum atomic E-state index is -4.32. The number of amides is 1. The van der Waals surface area contributed by atoms with Crippen LogP contribution in [0.3, 0.4) is 0 Å². The van der Waals surface area contributed by atoms with E-state index in [0.717, 1.165) is 48.7 Å².